The summed E-state index contributed by atoms with van der Waals surface area (Å²) in [5.74, 6) is 0. The van der Waals surface area contributed by atoms with Gasteiger partial charge in [0, 0.05) is 0 Å². The normalized spacial score (nSPS) is 11.2. The first kappa shape index (κ1) is 16.9. The van der Waals surface area contributed by atoms with Crippen molar-refractivity contribution in [3.8, 4) is 22.3 Å². The number of rotatable bonds is 4. The molecule has 24 heavy (non-hydrogen) atoms. The maximum absolute atomic E-state index is 2.37. The van der Waals surface area contributed by atoms with E-state index in [1.54, 1.807) is 0 Å². The second kappa shape index (κ2) is 7.33. The average molecular weight is 347 g/mol. The van der Waals surface area contributed by atoms with Crippen molar-refractivity contribution >= 4 is 28.0 Å². The lowest BCUT2D eigenvalue weighted by Crippen LogP contribution is -2.21. The third-order valence-corrected chi connectivity index (χ3v) is 8.14. The van der Waals surface area contributed by atoms with Crippen molar-refractivity contribution in [2.24, 2.45) is 0 Å². The van der Waals surface area contributed by atoms with Crippen LogP contribution in [0.4, 0.5) is 0 Å². The van der Waals surface area contributed by atoms with Crippen LogP contribution in [0.25, 0.3) is 22.3 Å². The largest absolute Gasteiger partial charge is 0.0682 e. The molecule has 0 bridgehead atoms. The highest BCUT2D eigenvalue weighted by Crippen LogP contribution is 2.24. The smallest absolute Gasteiger partial charge is 0.0647 e. The van der Waals surface area contributed by atoms with E-state index in [1.807, 2.05) is 0 Å². The van der Waals surface area contributed by atoms with E-state index < -0.39 is 17.6 Å². The van der Waals surface area contributed by atoms with Gasteiger partial charge in [0.05, 0.1) is 17.6 Å². The second-order valence-electron chi connectivity index (χ2n) is 7.13. The fraction of sp³-hybridized carbons (Fsp3) is 0.182. The Balaban J connectivity index is 1.82. The van der Waals surface area contributed by atoms with Crippen LogP contribution in [-0.2, 0) is 0 Å². The lowest BCUT2D eigenvalue weighted by Gasteiger charge is -2.09. The summed E-state index contributed by atoms with van der Waals surface area (Å²) in [5.41, 5.74) is 5.20. The first-order valence-electron chi connectivity index (χ1n) is 8.85. The zero-order chi connectivity index (χ0) is 17.1. The Morgan fingerprint density at radius 1 is 0.375 bits per heavy atom. The monoisotopic (exact) mass is 346 g/mol. The summed E-state index contributed by atoms with van der Waals surface area (Å²) >= 11 is 0. The van der Waals surface area contributed by atoms with Gasteiger partial charge in [0.2, 0.25) is 0 Å². The molecule has 0 amide bonds. The SMILES string of the molecule is C[SiH](C)c1ccc(-c2ccc(-c3ccc([SiH](C)C)cc3)cc2)cc1. The lowest BCUT2D eigenvalue weighted by molar-refractivity contribution is 1.60. The number of hydrogen-bond acceptors (Lipinski definition) is 0. The zero-order valence-electron chi connectivity index (χ0n) is 15.1. The van der Waals surface area contributed by atoms with Crippen molar-refractivity contribution in [2.75, 3.05) is 0 Å². The van der Waals surface area contributed by atoms with Gasteiger partial charge in [-0.2, -0.15) is 0 Å². The molecule has 0 radical (unpaired) electrons. The molecule has 0 aromatic heterocycles. The first-order valence-corrected chi connectivity index (χ1v) is 14.6. The van der Waals surface area contributed by atoms with Crippen molar-refractivity contribution in [1.29, 1.82) is 0 Å². The summed E-state index contributed by atoms with van der Waals surface area (Å²) < 4.78 is 0. The molecular weight excluding hydrogens is 320 g/mol. The minimum atomic E-state index is -0.701. The highest BCUT2D eigenvalue weighted by molar-refractivity contribution is 6.71. The second-order valence-corrected chi connectivity index (χ2v) is 13.1. The molecule has 3 rings (SSSR count). The van der Waals surface area contributed by atoms with E-state index in [0.717, 1.165) is 0 Å². The van der Waals surface area contributed by atoms with Crippen molar-refractivity contribution in [2.45, 2.75) is 26.2 Å². The highest BCUT2D eigenvalue weighted by Gasteiger charge is 2.04. The van der Waals surface area contributed by atoms with Gasteiger partial charge >= 0.3 is 0 Å². The Labute approximate surface area is 149 Å². The fourth-order valence-corrected chi connectivity index (χ4v) is 4.90. The van der Waals surface area contributed by atoms with E-state index in [-0.39, 0.29) is 0 Å². The summed E-state index contributed by atoms with van der Waals surface area (Å²) in [4.78, 5) is 0. The molecule has 2 heteroatoms. The van der Waals surface area contributed by atoms with Crippen molar-refractivity contribution in [1.82, 2.24) is 0 Å². The van der Waals surface area contributed by atoms with Gasteiger partial charge in [-0.15, -0.1) is 0 Å². The molecule has 0 spiro atoms. The van der Waals surface area contributed by atoms with E-state index in [1.165, 1.54) is 32.6 Å². The Morgan fingerprint density at radius 2 is 0.583 bits per heavy atom. The van der Waals surface area contributed by atoms with Crippen molar-refractivity contribution < 1.29 is 0 Å². The standard InChI is InChI=1S/C22H26Si2/c1-23(2)21-13-9-19(10-14-21)17-5-7-18(8-6-17)20-11-15-22(16-12-20)24(3)4/h5-16,23-24H,1-4H3. The predicted molar refractivity (Wildman–Crippen MR) is 114 cm³/mol. The molecule has 0 fully saturated rings. The Morgan fingerprint density at radius 3 is 0.792 bits per heavy atom. The van der Waals surface area contributed by atoms with Crippen LogP contribution in [0.3, 0.4) is 0 Å². The van der Waals surface area contributed by atoms with Gasteiger partial charge in [-0.3, -0.25) is 0 Å². The highest BCUT2D eigenvalue weighted by atomic mass is 28.3. The number of hydrogen-bond donors (Lipinski definition) is 0. The molecule has 0 aliphatic heterocycles. The predicted octanol–water partition coefficient (Wildman–Crippen LogP) is 4.41. The Bertz CT molecular complexity index is 712. The summed E-state index contributed by atoms with van der Waals surface area (Å²) in [5, 5.41) is 3.06. The van der Waals surface area contributed by atoms with Crippen LogP contribution < -0.4 is 10.4 Å². The number of benzene rings is 3. The van der Waals surface area contributed by atoms with Crippen molar-refractivity contribution in [3.63, 3.8) is 0 Å². The van der Waals surface area contributed by atoms with Crippen LogP contribution in [0.5, 0.6) is 0 Å². The summed E-state index contributed by atoms with van der Waals surface area (Å²) in [7, 11) is -1.40. The Kier molecular flexibility index (Phi) is 5.17. The molecular formula is C22H26Si2. The molecule has 0 heterocycles. The molecule has 0 saturated heterocycles. The summed E-state index contributed by atoms with van der Waals surface area (Å²) in [6.45, 7) is 9.49. The third-order valence-electron chi connectivity index (χ3n) is 4.71. The molecule has 0 atom stereocenters. The molecule has 3 aromatic rings. The van der Waals surface area contributed by atoms with E-state index >= 15 is 0 Å². The van der Waals surface area contributed by atoms with E-state index in [9.17, 15) is 0 Å². The van der Waals surface area contributed by atoms with Crippen LogP contribution in [0.2, 0.25) is 26.2 Å². The van der Waals surface area contributed by atoms with Crippen LogP contribution in [0.1, 0.15) is 0 Å². The van der Waals surface area contributed by atoms with Gasteiger partial charge in [-0.25, -0.2) is 0 Å². The minimum Gasteiger partial charge on any atom is -0.0682 e. The van der Waals surface area contributed by atoms with Crippen LogP contribution >= 0.6 is 0 Å². The van der Waals surface area contributed by atoms with Gasteiger partial charge in [0.15, 0.2) is 0 Å². The van der Waals surface area contributed by atoms with E-state index in [4.69, 9.17) is 0 Å². The van der Waals surface area contributed by atoms with Crippen molar-refractivity contribution in [3.05, 3.63) is 72.8 Å². The van der Waals surface area contributed by atoms with Gasteiger partial charge in [-0.1, -0.05) is 109 Å². The molecule has 0 N–H and O–H groups in total. The van der Waals surface area contributed by atoms with Gasteiger partial charge in [0.1, 0.15) is 0 Å². The lowest BCUT2D eigenvalue weighted by atomic mass is 10.0. The fourth-order valence-electron chi connectivity index (χ4n) is 2.98. The van der Waals surface area contributed by atoms with Crippen LogP contribution in [0.15, 0.2) is 72.8 Å². The third kappa shape index (κ3) is 3.77. The zero-order valence-corrected chi connectivity index (χ0v) is 17.4. The maximum atomic E-state index is 2.37. The molecule has 0 aliphatic carbocycles. The molecule has 122 valence electrons. The molecule has 3 aromatic carbocycles. The van der Waals surface area contributed by atoms with Gasteiger partial charge < -0.3 is 0 Å². The first-order chi connectivity index (χ1) is 11.5. The van der Waals surface area contributed by atoms with Crippen LogP contribution in [-0.4, -0.2) is 17.6 Å². The van der Waals surface area contributed by atoms with Crippen LogP contribution in [0, 0.1) is 0 Å². The Hall–Kier alpha value is -1.91. The summed E-state index contributed by atoms with van der Waals surface area (Å²) in [6.07, 6.45) is 0. The van der Waals surface area contributed by atoms with Gasteiger partial charge in [0.25, 0.3) is 0 Å². The molecule has 0 nitrogen and oxygen atoms in total. The topological polar surface area (TPSA) is 0 Å². The summed E-state index contributed by atoms with van der Waals surface area (Å²) in [6, 6.07) is 27.2. The van der Waals surface area contributed by atoms with E-state index in [0.29, 0.717) is 0 Å². The minimum absolute atomic E-state index is 0.701. The van der Waals surface area contributed by atoms with E-state index in [2.05, 4.69) is 99.0 Å². The van der Waals surface area contributed by atoms with Gasteiger partial charge in [-0.05, 0) is 22.3 Å². The molecule has 0 saturated carbocycles. The average Bonchev–Trinajstić information content (AvgIpc) is 2.62. The quantitative estimate of drug-likeness (QED) is 0.614. The maximum Gasteiger partial charge on any atom is 0.0647 e. The molecule has 0 aliphatic rings. The molecule has 0 unspecified atom stereocenters.